The van der Waals surface area contributed by atoms with Crippen molar-refractivity contribution in [3.05, 3.63) is 102 Å². The van der Waals surface area contributed by atoms with E-state index in [9.17, 15) is 0 Å². The maximum absolute atomic E-state index is 5.81. The van der Waals surface area contributed by atoms with Gasteiger partial charge >= 0.3 is 0 Å². The molecule has 3 aromatic rings. The third-order valence-corrected chi connectivity index (χ3v) is 5.81. The van der Waals surface area contributed by atoms with E-state index in [4.69, 9.17) is 5.73 Å². The van der Waals surface area contributed by atoms with Gasteiger partial charge in [-0.2, -0.15) is 0 Å². The van der Waals surface area contributed by atoms with E-state index in [1.54, 1.807) is 0 Å². The van der Waals surface area contributed by atoms with Crippen molar-refractivity contribution in [1.82, 2.24) is 4.90 Å². The molecule has 0 aliphatic carbocycles. The first-order valence-electron chi connectivity index (χ1n) is 9.96. The molecule has 1 aliphatic rings. The lowest BCUT2D eigenvalue weighted by Gasteiger charge is -2.36. The number of anilines is 1. The Hall–Kier alpha value is -2.58. The fourth-order valence-electron chi connectivity index (χ4n) is 4.38. The summed E-state index contributed by atoms with van der Waals surface area (Å²) in [5.74, 6) is 1.18. The first kappa shape index (κ1) is 17.8. The molecule has 0 radical (unpaired) electrons. The summed E-state index contributed by atoms with van der Waals surface area (Å²) in [6.07, 6.45) is 2.48. The highest BCUT2D eigenvalue weighted by atomic mass is 15.1. The Bertz CT molecular complexity index is 780. The maximum atomic E-state index is 5.81. The van der Waals surface area contributed by atoms with Crippen LogP contribution in [0.25, 0.3) is 0 Å². The third-order valence-electron chi connectivity index (χ3n) is 5.81. The minimum Gasteiger partial charge on any atom is -0.399 e. The first-order valence-corrected chi connectivity index (χ1v) is 9.96. The van der Waals surface area contributed by atoms with E-state index in [2.05, 4.69) is 77.7 Å². The van der Waals surface area contributed by atoms with Gasteiger partial charge in [0.1, 0.15) is 0 Å². The monoisotopic (exact) mass is 356 g/mol. The zero-order valence-electron chi connectivity index (χ0n) is 15.8. The van der Waals surface area contributed by atoms with E-state index in [-0.39, 0.29) is 0 Å². The molecule has 0 unspecified atom stereocenters. The molecule has 0 atom stereocenters. The molecular weight excluding hydrogens is 328 g/mol. The van der Waals surface area contributed by atoms with Crippen molar-refractivity contribution >= 4 is 5.69 Å². The lowest BCUT2D eigenvalue weighted by molar-refractivity contribution is 0.168. The summed E-state index contributed by atoms with van der Waals surface area (Å²) in [7, 11) is 0. The van der Waals surface area contributed by atoms with Gasteiger partial charge < -0.3 is 5.73 Å². The average molecular weight is 357 g/mol. The standard InChI is InChI=1S/C25H28N2/c26-24-13-11-20(12-14-24)19-27-17-15-23(16-18-27)25(21-7-3-1-4-8-21)22-9-5-2-6-10-22/h1-14,23,25H,15-19,26H2. The predicted octanol–water partition coefficient (Wildman–Crippen LogP) is 5.31. The van der Waals surface area contributed by atoms with E-state index in [0.717, 1.165) is 25.3 Å². The Balaban J connectivity index is 1.46. The van der Waals surface area contributed by atoms with Gasteiger partial charge in [-0.25, -0.2) is 0 Å². The second kappa shape index (κ2) is 8.41. The molecule has 2 N–H and O–H groups in total. The number of nitrogen functional groups attached to an aromatic ring is 1. The van der Waals surface area contributed by atoms with Crippen molar-refractivity contribution < 1.29 is 0 Å². The van der Waals surface area contributed by atoms with Gasteiger partial charge in [0, 0.05) is 18.2 Å². The quantitative estimate of drug-likeness (QED) is 0.628. The van der Waals surface area contributed by atoms with Gasteiger partial charge in [0.2, 0.25) is 0 Å². The summed E-state index contributed by atoms with van der Waals surface area (Å²) in [6, 6.07) is 30.4. The minimum absolute atomic E-state index is 0.492. The number of benzene rings is 3. The van der Waals surface area contributed by atoms with Gasteiger partial charge in [-0.3, -0.25) is 4.90 Å². The number of nitrogens with two attached hydrogens (primary N) is 1. The van der Waals surface area contributed by atoms with E-state index in [1.165, 1.54) is 29.5 Å². The Morgan fingerprint density at radius 1 is 0.741 bits per heavy atom. The van der Waals surface area contributed by atoms with Gasteiger partial charge in [-0.05, 0) is 60.7 Å². The molecule has 1 saturated heterocycles. The predicted molar refractivity (Wildman–Crippen MR) is 114 cm³/mol. The number of nitrogens with zero attached hydrogens (tertiary/aromatic N) is 1. The van der Waals surface area contributed by atoms with Crippen LogP contribution >= 0.6 is 0 Å². The number of hydrogen-bond donors (Lipinski definition) is 1. The minimum atomic E-state index is 0.492. The summed E-state index contributed by atoms with van der Waals surface area (Å²) in [5.41, 5.74) is 10.9. The van der Waals surface area contributed by atoms with Crippen molar-refractivity contribution in [2.75, 3.05) is 18.8 Å². The molecule has 1 aliphatic heterocycles. The van der Waals surface area contributed by atoms with Crippen LogP contribution in [0, 0.1) is 5.92 Å². The zero-order chi connectivity index (χ0) is 18.5. The summed E-state index contributed by atoms with van der Waals surface area (Å²) >= 11 is 0. The highest BCUT2D eigenvalue weighted by Crippen LogP contribution is 2.38. The van der Waals surface area contributed by atoms with Gasteiger partial charge in [0.15, 0.2) is 0 Å². The van der Waals surface area contributed by atoms with Crippen LogP contribution in [0.2, 0.25) is 0 Å². The normalized spacial score (nSPS) is 15.9. The second-order valence-electron chi connectivity index (χ2n) is 7.65. The van der Waals surface area contributed by atoms with E-state index < -0.39 is 0 Å². The largest absolute Gasteiger partial charge is 0.399 e. The fourth-order valence-corrected chi connectivity index (χ4v) is 4.38. The van der Waals surface area contributed by atoms with Gasteiger partial charge in [-0.15, -0.1) is 0 Å². The summed E-state index contributed by atoms with van der Waals surface area (Å²) in [5, 5.41) is 0. The number of hydrogen-bond acceptors (Lipinski definition) is 2. The zero-order valence-corrected chi connectivity index (χ0v) is 15.8. The maximum Gasteiger partial charge on any atom is 0.0314 e. The molecule has 2 heteroatoms. The van der Waals surface area contributed by atoms with E-state index in [1.807, 2.05) is 12.1 Å². The summed E-state index contributed by atoms with van der Waals surface area (Å²) in [4.78, 5) is 2.58. The van der Waals surface area contributed by atoms with Crippen LogP contribution in [0.5, 0.6) is 0 Å². The van der Waals surface area contributed by atoms with Crippen molar-refractivity contribution in [3.8, 4) is 0 Å². The number of likely N-dealkylation sites (tertiary alicyclic amines) is 1. The molecule has 27 heavy (non-hydrogen) atoms. The van der Waals surface area contributed by atoms with Crippen molar-refractivity contribution in [2.24, 2.45) is 5.92 Å². The van der Waals surface area contributed by atoms with Crippen LogP contribution in [0.4, 0.5) is 5.69 Å². The van der Waals surface area contributed by atoms with Crippen LogP contribution in [0.1, 0.15) is 35.4 Å². The van der Waals surface area contributed by atoms with E-state index >= 15 is 0 Å². The topological polar surface area (TPSA) is 29.3 Å². The highest BCUT2D eigenvalue weighted by molar-refractivity contribution is 5.39. The molecule has 2 nitrogen and oxygen atoms in total. The van der Waals surface area contributed by atoms with Crippen LogP contribution in [0.15, 0.2) is 84.9 Å². The first-order chi connectivity index (χ1) is 13.3. The molecule has 1 fully saturated rings. The fraction of sp³-hybridized carbons (Fsp3) is 0.280. The summed E-state index contributed by atoms with van der Waals surface area (Å²) < 4.78 is 0. The van der Waals surface area contributed by atoms with Crippen molar-refractivity contribution in [2.45, 2.75) is 25.3 Å². The van der Waals surface area contributed by atoms with Crippen LogP contribution in [-0.2, 0) is 6.54 Å². The molecule has 0 saturated carbocycles. The van der Waals surface area contributed by atoms with E-state index in [0.29, 0.717) is 11.8 Å². The molecular formula is C25H28N2. The molecule has 4 rings (SSSR count). The van der Waals surface area contributed by atoms with Gasteiger partial charge in [-0.1, -0.05) is 72.8 Å². The molecule has 0 aromatic heterocycles. The van der Waals surface area contributed by atoms with Crippen molar-refractivity contribution in [1.29, 1.82) is 0 Å². The van der Waals surface area contributed by atoms with Crippen LogP contribution < -0.4 is 5.73 Å². The van der Waals surface area contributed by atoms with Crippen LogP contribution in [-0.4, -0.2) is 18.0 Å². The van der Waals surface area contributed by atoms with Crippen molar-refractivity contribution in [3.63, 3.8) is 0 Å². The van der Waals surface area contributed by atoms with Gasteiger partial charge in [0.25, 0.3) is 0 Å². The SMILES string of the molecule is Nc1ccc(CN2CCC(C(c3ccccc3)c3ccccc3)CC2)cc1. The van der Waals surface area contributed by atoms with Gasteiger partial charge in [0.05, 0.1) is 0 Å². The smallest absolute Gasteiger partial charge is 0.0314 e. The summed E-state index contributed by atoms with van der Waals surface area (Å²) in [6.45, 7) is 3.34. The Kier molecular flexibility index (Phi) is 5.55. The molecule has 0 spiro atoms. The number of rotatable bonds is 5. The molecule has 138 valence electrons. The van der Waals surface area contributed by atoms with Crippen LogP contribution in [0.3, 0.4) is 0 Å². The second-order valence-corrected chi connectivity index (χ2v) is 7.65. The molecule has 1 heterocycles. The lowest BCUT2D eigenvalue weighted by atomic mass is 9.76. The lowest BCUT2D eigenvalue weighted by Crippen LogP contribution is -2.35. The average Bonchev–Trinajstić information content (AvgIpc) is 2.73. The Morgan fingerprint density at radius 3 is 1.78 bits per heavy atom. The molecule has 3 aromatic carbocycles. The Labute approximate surface area is 162 Å². The Morgan fingerprint density at radius 2 is 1.26 bits per heavy atom. The highest BCUT2D eigenvalue weighted by Gasteiger charge is 2.28. The molecule has 0 bridgehead atoms. The third kappa shape index (κ3) is 4.40. The number of piperidine rings is 1. The molecule has 0 amide bonds.